The van der Waals surface area contributed by atoms with Crippen molar-refractivity contribution in [2.45, 2.75) is 24.9 Å². The Hall–Kier alpha value is -2.94. The lowest BCUT2D eigenvalue weighted by atomic mass is 10.2. The first-order chi connectivity index (χ1) is 15.7. The van der Waals surface area contributed by atoms with Gasteiger partial charge in [0.2, 0.25) is 15.9 Å². The fourth-order valence-corrected chi connectivity index (χ4v) is 4.79. The van der Waals surface area contributed by atoms with Gasteiger partial charge in [-0.3, -0.25) is 4.79 Å². The van der Waals surface area contributed by atoms with Crippen molar-refractivity contribution >= 4 is 27.5 Å². The topological polar surface area (TPSA) is 75.7 Å². The number of rotatable bonds is 9. The van der Waals surface area contributed by atoms with Crippen LogP contribution in [0.1, 0.15) is 16.7 Å². The second kappa shape index (κ2) is 10.8. The number of carbonyl (C=O) groups excluding carboxylic acids is 1. The van der Waals surface area contributed by atoms with E-state index in [9.17, 15) is 17.6 Å². The molecule has 3 aromatic rings. The summed E-state index contributed by atoms with van der Waals surface area (Å²) in [6.45, 7) is 1.06. The summed E-state index contributed by atoms with van der Waals surface area (Å²) in [7, 11) is -2.60. The van der Waals surface area contributed by atoms with Crippen molar-refractivity contribution in [2.24, 2.45) is 0 Å². The molecule has 0 atom stereocenters. The molecule has 0 unspecified atom stereocenters. The zero-order valence-corrected chi connectivity index (χ0v) is 19.8. The predicted octanol–water partition coefficient (Wildman–Crippen LogP) is 4.30. The SMILES string of the molecule is COc1ccccc1CNC(=O)CN(Cc1c(F)cccc1Cl)S(=O)(=O)c1ccc(C)cc1. The number of benzene rings is 3. The first-order valence-electron chi connectivity index (χ1n) is 10.1. The molecule has 9 heteroatoms. The van der Waals surface area contributed by atoms with Crippen LogP contribution < -0.4 is 10.1 Å². The van der Waals surface area contributed by atoms with E-state index in [0.717, 1.165) is 15.4 Å². The lowest BCUT2D eigenvalue weighted by molar-refractivity contribution is -0.121. The number of carbonyl (C=O) groups is 1. The normalized spacial score (nSPS) is 11.4. The molecule has 0 saturated carbocycles. The van der Waals surface area contributed by atoms with Crippen LogP contribution >= 0.6 is 11.6 Å². The van der Waals surface area contributed by atoms with E-state index in [2.05, 4.69) is 5.32 Å². The lowest BCUT2D eigenvalue weighted by Crippen LogP contribution is -2.40. The van der Waals surface area contributed by atoms with E-state index >= 15 is 0 Å². The average Bonchev–Trinajstić information content (AvgIpc) is 2.79. The van der Waals surface area contributed by atoms with Crippen LogP contribution in [0.15, 0.2) is 71.6 Å². The minimum Gasteiger partial charge on any atom is -0.496 e. The Labute approximate surface area is 198 Å². The monoisotopic (exact) mass is 490 g/mol. The molecule has 0 heterocycles. The number of hydrogen-bond acceptors (Lipinski definition) is 4. The molecule has 0 saturated heterocycles. The van der Waals surface area contributed by atoms with E-state index in [1.165, 1.54) is 37.4 Å². The van der Waals surface area contributed by atoms with E-state index in [1.54, 1.807) is 36.4 Å². The van der Waals surface area contributed by atoms with Gasteiger partial charge in [-0.15, -0.1) is 0 Å². The molecular formula is C24H24ClFN2O4S. The Morgan fingerprint density at radius 1 is 1.06 bits per heavy atom. The van der Waals surface area contributed by atoms with Crippen LogP contribution in [0.2, 0.25) is 5.02 Å². The second-order valence-electron chi connectivity index (χ2n) is 7.37. The highest BCUT2D eigenvalue weighted by Gasteiger charge is 2.28. The van der Waals surface area contributed by atoms with Crippen molar-refractivity contribution in [3.05, 3.63) is 94.3 Å². The smallest absolute Gasteiger partial charge is 0.243 e. The average molecular weight is 491 g/mol. The third-order valence-corrected chi connectivity index (χ3v) is 7.20. The number of amides is 1. The molecule has 0 fully saturated rings. The molecule has 174 valence electrons. The summed E-state index contributed by atoms with van der Waals surface area (Å²) in [6.07, 6.45) is 0. The summed E-state index contributed by atoms with van der Waals surface area (Å²) >= 11 is 6.13. The number of halogens is 2. The molecule has 3 rings (SSSR count). The molecule has 6 nitrogen and oxygen atoms in total. The number of nitrogens with one attached hydrogen (secondary N) is 1. The molecule has 0 aliphatic heterocycles. The highest BCUT2D eigenvalue weighted by atomic mass is 35.5. The maximum atomic E-state index is 14.4. The zero-order valence-electron chi connectivity index (χ0n) is 18.2. The minimum absolute atomic E-state index is 0.00177. The summed E-state index contributed by atoms with van der Waals surface area (Å²) in [5.74, 6) is -0.606. The van der Waals surface area contributed by atoms with Crippen molar-refractivity contribution in [3.8, 4) is 5.75 Å². The van der Waals surface area contributed by atoms with Gasteiger partial charge in [0.15, 0.2) is 0 Å². The Bertz CT molecular complexity index is 1210. The summed E-state index contributed by atoms with van der Waals surface area (Å²) in [5.41, 5.74) is 1.61. The standard InChI is InChI=1S/C24H24ClFN2O4S/c1-17-10-12-19(13-11-17)33(30,31)28(15-20-21(25)7-5-8-22(20)26)16-24(29)27-14-18-6-3-4-9-23(18)32-2/h3-13H,14-16H2,1-2H3,(H,27,29). The van der Waals surface area contributed by atoms with Crippen LogP contribution in [0.25, 0.3) is 0 Å². The molecular weight excluding hydrogens is 467 g/mol. The Morgan fingerprint density at radius 2 is 1.76 bits per heavy atom. The molecule has 0 aromatic heterocycles. The Morgan fingerprint density at radius 3 is 2.42 bits per heavy atom. The fourth-order valence-electron chi connectivity index (χ4n) is 3.20. The van der Waals surface area contributed by atoms with Gasteiger partial charge in [0.25, 0.3) is 0 Å². The van der Waals surface area contributed by atoms with Crippen molar-refractivity contribution in [1.82, 2.24) is 9.62 Å². The van der Waals surface area contributed by atoms with Crippen LogP contribution in [-0.4, -0.2) is 32.3 Å². The van der Waals surface area contributed by atoms with Gasteiger partial charge in [0.05, 0.1) is 18.6 Å². The molecule has 33 heavy (non-hydrogen) atoms. The zero-order chi connectivity index (χ0) is 24.0. The predicted molar refractivity (Wildman–Crippen MR) is 125 cm³/mol. The lowest BCUT2D eigenvalue weighted by Gasteiger charge is -2.23. The van der Waals surface area contributed by atoms with Gasteiger partial charge in [-0.2, -0.15) is 4.31 Å². The third kappa shape index (κ3) is 6.10. The van der Waals surface area contributed by atoms with Gasteiger partial charge in [0.1, 0.15) is 11.6 Å². The maximum absolute atomic E-state index is 14.4. The number of sulfonamides is 1. The molecule has 0 bridgehead atoms. The van der Waals surface area contributed by atoms with Crippen LogP contribution in [0, 0.1) is 12.7 Å². The van der Waals surface area contributed by atoms with E-state index in [1.807, 2.05) is 6.92 Å². The van der Waals surface area contributed by atoms with Crippen LogP contribution in [-0.2, 0) is 27.9 Å². The number of nitrogens with zero attached hydrogens (tertiary/aromatic N) is 1. The Kier molecular flexibility index (Phi) is 8.07. The maximum Gasteiger partial charge on any atom is 0.243 e. The summed E-state index contributed by atoms with van der Waals surface area (Å²) in [4.78, 5) is 12.7. The number of ether oxygens (including phenoxy) is 1. The molecule has 0 spiro atoms. The largest absolute Gasteiger partial charge is 0.496 e. The first kappa shape index (κ1) is 24.7. The van der Waals surface area contributed by atoms with Gasteiger partial charge in [0, 0.05) is 29.2 Å². The number of para-hydroxylation sites is 1. The van der Waals surface area contributed by atoms with Crippen molar-refractivity contribution in [3.63, 3.8) is 0 Å². The second-order valence-corrected chi connectivity index (χ2v) is 9.72. The molecule has 0 aliphatic carbocycles. The van der Waals surface area contributed by atoms with Gasteiger partial charge in [-0.05, 0) is 37.3 Å². The minimum atomic E-state index is -4.12. The van der Waals surface area contributed by atoms with Crippen molar-refractivity contribution in [2.75, 3.05) is 13.7 Å². The van der Waals surface area contributed by atoms with Gasteiger partial charge in [-0.25, -0.2) is 12.8 Å². The number of hydrogen-bond donors (Lipinski definition) is 1. The Balaban J connectivity index is 1.86. The van der Waals surface area contributed by atoms with Gasteiger partial charge in [-0.1, -0.05) is 53.6 Å². The molecule has 0 aliphatic rings. The fraction of sp³-hybridized carbons (Fsp3) is 0.208. The summed E-state index contributed by atoms with van der Waals surface area (Å²) in [6, 6.07) is 17.5. The van der Waals surface area contributed by atoms with Crippen molar-refractivity contribution in [1.29, 1.82) is 0 Å². The van der Waals surface area contributed by atoms with E-state index < -0.39 is 34.8 Å². The van der Waals surface area contributed by atoms with Crippen LogP contribution in [0.3, 0.4) is 0 Å². The molecule has 0 radical (unpaired) electrons. The van der Waals surface area contributed by atoms with Crippen LogP contribution in [0.4, 0.5) is 4.39 Å². The van der Waals surface area contributed by atoms with E-state index in [-0.39, 0.29) is 22.0 Å². The molecule has 3 aromatic carbocycles. The highest BCUT2D eigenvalue weighted by Crippen LogP contribution is 2.25. The van der Waals surface area contributed by atoms with Gasteiger partial charge < -0.3 is 10.1 Å². The third-order valence-electron chi connectivity index (χ3n) is 5.04. The first-order valence-corrected chi connectivity index (χ1v) is 11.9. The number of methoxy groups -OCH3 is 1. The summed E-state index contributed by atoms with van der Waals surface area (Å²) in [5, 5.41) is 2.78. The molecule has 1 N–H and O–H groups in total. The molecule has 1 amide bonds. The van der Waals surface area contributed by atoms with Gasteiger partial charge >= 0.3 is 0 Å². The summed E-state index contributed by atoms with van der Waals surface area (Å²) < 4.78 is 47.3. The van der Waals surface area contributed by atoms with Crippen LogP contribution in [0.5, 0.6) is 5.75 Å². The quantitative estimate of drug-likeness (QED) is 0.485. The van der Waals surface area contributed by atoms with Crippen molar-refractivity contribution < 1.29 is 22.3 Å². The van der Waals surface area contributed by atoms with E-state index in [0.29, 0.717) is 5.75 Å². The van der Waals surface area contributed by atoms with E-state index in [4.69, 9.17) is 16.3 Å². The highest BCUT2D eigenvalue weighted by molar-refractivity contribution is 7.89. The number of aryl methyl sites for hydroxylation is 1.